The predicted molar refractivity (Wildman–Crippen MR) is 118 cm³/mol. The van der Waals surface area contributed by atoms with E-state index < -0.39 is 5.82 Å². The highest BCUT2D eigenvalue weighted by Crippen LogP contribution is 2.34. The van der Waals surface area contributed by atoms with Gasteiger partial charge in [-0.3, -0.25) is 14.6 Å². The molecule has 1 aromatic heterocycles. The minimum atomic E-state index is -0.471. The van der Waals surface area contributed by atoms with Crippen molar-refractivity contribution in [2.75, 3.05) is 33.2 Å². The summed E-state index contributed by atoms with van der Waals surface area (Å²) in [5, 5.41) is 3.16. The Morgan fingerprint density at radius 1 is 1.16 bits per heavy atom. The van der Waals surface area contributed by atoms with E-state index in [1.807, 2.05) is 6.92 Å². The van der Waals surface area contributed by atoms with Gasteiger partial charge in [-0.1, -0.05) is 0 Å². The molecule has 2 atom stereocenters. The zero-order valence-electron chi connectivity index (χ0n) is 18.0. The van der Waals surface area contributed by atoms with Crippen LogP contribution in [0.3, 0.4) is 0 Å². The summed E-state index contributed by atoms with van der Waals surface area (Å²) in [6.45, 7) is 4.41. The zero-order chi connectivity index (χ0) is 22.7. The number of fused-ring (bicyclic) bond motifs is 1. The summed E-state index contributed by atoms with van der Waals surface area (Å²) >= 11 is 0. The van der Waals surface area contributed by atoms with E-state index in [1.54, 1.807) is 36.5 Å². The molecular formula is C23H25FN6O2. The second-order valence-corrected chi connectivity index (χ2v) is 8.02. The van der Waals surface area contributed by atoms with Crippen molar-refractivity contribution in [3.05, 3.63) is 59.9 Å². The lowest BCUT2D eigenvalue weighted by Crippen LogP contribution is -2.37. The van der Waals surface area contributed by atoms with Crippen LogP contribution in [0.2, 0.25) is 0 Å². The Balaban J connectivity index is 1.49. The molecule has 3 heterocycles. The average molecular weight is 436 g/mol. The van der Waals surface area contributed by atoms with E-state index in [1.165, 1.54) is 18.2 Å². The van der Waals surface area contributed by atoms with Gasteiger partial charge in [-0.15, -0.1) is 0 Å². The maximum atomic E-state index is 14.0. The van der Waals surface area contributed by atoms with Crippen LogP contribution in [0.15, 0.2) is 53.5 Å². The quantitative estimate of drug-likeness (QED) is 0.334. The Morgan fingerprint density at radius 3 is 2.44 bits per heavy atom. The van der Waals surface area contributed by atoms with Crippen LogP contribution >= 0.6 is 0 Å². The Kier molecular flexibility index (Phi) is 6.25. The number of nitrogens with one attached hydrogen (secondary N) is 1. The van der Waals surface area contributed by atoms with E-state index in [4.69, 9.17) is 0 Å². The maximum absolute atomic E-state index is 14.0. The number of carbonyl (C=O) groups is 2. The van der Waals surface area contributed by atoms with Crippen molar-refractivity contribution in [1.29, 1.82) is 0 Å². The van der Waals surface area contributed by atoms with Crippen LogP contribution < -0.4 is 5.32 Å². The molecule has 2 aliphatic heterocycles. The second kappa shape index (κ2) is 9.25. The first-order valence-electron chi connectivity index (χ1n) is 10.5. The van der Waals surface area contributed by atoms with E-state index in [0.717, 1.165) is 19.4 Å². The summed E-state index contributed by atoms with van der Waals surface area (Å²) in [6.07, 6.45) is 5.44. The molecule has 0 bridgehead atoms. The fourth-order valence-electron chi connectivity index (χ4n) is 4.38. The molecular weight excluding hydrogens is 411 g/mol. The van der Waals surface area contributed by atoms with Gasteiger partial charge < -0.3 is 15.1 Å². The van der Waals surface area contributed by atoms with E-state index in [2.05, 4.69) is 25.2 Å². The van der Waals surface area contributed by atoms with Crippen molar-refractivity contribution in [1.82, 2.24) is 25.1 Å². The summed E-state index contributed by atoms with van der Waals surface area (Å²) in [4.78, 5) is 40.8. The number of nitrogens with zero attached hydrogens (tertiary/aromatic N) is 5. The number of likely N-dealkylation sites (tertiary alicyclic amines) is 2. The molecule has 0 radical (unpaired) electrons. The molecule has 0 saturated carbocycles. The molecule has 32 heavy (non-hydrogen) atoms. The molecule has 1 N–H and O–H groups in total. The second-order valence-electron chi connectivity index (χ2n) is 8.02. The summed E-state index contributed by atoms with van der Waals surface area (Å²) in [6, 6.07) is 5.82. The number of halogens is 1. The topological polar surface area (TPSA) is 90.8 Å². The monoisotopic (exact) mass is 436 g/mol. The van der Waals surface area contributed by atoms with Gasteiger partial charge in [0.25, 0.3) is 5.91 Å². The third kappa shape index (κ3) is 4.37. The number of hydrogen-bond acceptors (Lipinski definition) is 6. The lowest BCUT2D eigenvalue weighted by atomic mass is 10.0. The smallest absolute Gasteiger partial charge is 0.254 e. The molecule has 2 aromatic rings. The Hall–Kier alpha value is -3.62. The molecule has 8 nitrogen and oxygen atoms in total. The van der Waals surface area contributed by atoms with Crippen LogP contribution in [0, 0.1) is 17.7 Å². The molecule has 4 rings (SSSR count). The number of amides is 1. The number of rotatable bonds is 5. The van der Waals surface area contributed by atoms with Gasteiger partial charge in [-0.05, 0) is 31.2 Å². The number of amidine groups is 1. The van der Waals surface area contributed by atoms with Crippen molar-refractivity contribution in [3.63, 3.8) is 0 Å². The Morgan fingerprint density at radius 2 is 1.81 bits per heavy atom. The largest absolute Gasteiger partial charge is 0.357 e. The van der Waals surface area contributed by atoms with Crippen molar-refractivity contribution in [2.45, 2.75) is 6.92 Å². The van der Waals surface area contributed by atoms with Gasteiger partial charge in [0.15, 0.2) is 5.82 Å². The molecule has 2 aliphatic rings. The number of benzene rings is 1. The van der Waals surface area contributed by atoms with Crippen LogP contribution in [0.5, 0.6) is 0 Å². The minimum Gasteiger partial charge on any atom is -0.357 e. The third-order valence-corrected chi connectivity index (χ3v) is 6.00. The SMILES string of the molecule is CN=C(C)N/C(=C\C=O)N1CC2CN(C(=O)c3cc(F)ccc3-c3ncccn3)CC2C1. The first-order valence-corrected chi connectivity index (χ1v) is 10.5. The normalized spacial score (nSPS) is 21.0. The maximum Gasteiger partial charge on any atom is 0.254 e. The first kappa shape index (κ1) is 21.6. The van der Waals surface area contributed by atoms with Crippen molar-refractivity contribution in [3.8, 4) is 11.4 Å². The Bertz CT molecular complexity index is 1060. The molecule has 1 aromatic carbocycles. The van der Waals surface area contributed by atoms with E-state index >= 15 is 0 Å². The lowest BCUT2D eigenvalue weighted by molar-refractivity contribution is -0.104. The highest BCUT2D eigenvalue weighted by Gasteiger charge is 2.42. The molecule has 166 valence electrons. The van der Waals surface area contributed by atoms with Gasteiger partial charge in [0.05, 0.1) is 11.4 Å². The van der Waals surface area contributed by atoms with Crippen molar-refractivity contribution in [2.24, 2.45) is 16.8 Å². The van der Waals surface area contributed by atoms with Crippen LogP contribution in [-0.2, 0) is 4.79 Å². The summed E-state index contributed by atoms with van der Waals surface area (Å²) in [7, 11) is 1.68. The highest BCUT2D eigenvalue weighted by molar-refractivity contribution is 6.00. The van der Waals surface area contributed by atoms with Crippen LogP contribution in [0.4, 0.5) is 4.39 Å². The Labute approximate surface area is 185 Å². The number of aliphatic imine (C=N–C) groups is 1. The van der Waals surface area contributed by atoms with Crippen LogP contribution in [-0.4, -0.2) is 71.0 Å². The standard InChI is InChI=1S/C23H25FN6O2/c1-15(25-2)28-21(6-9-31)29-11-16-13-30(14-17(16)12-29)23(32)20-10-18(24)4-5-19(20)22-26-7-3-8-27-22/h3-10,16-17H,11-14H2,1-2H3,(H,25,28)/b21-6+. The molecule has 9 heteroatoms. The fraction of sp³-hybridized carbons (Fsp3) is 0.348. The van der Waals surface area contributed by atoms with E-state index in [-0.39, 0.29) is 23.3 Å². The number of allylic oxidation sites excluding steroid dienone is 1. The van der Waals surface area contributed by atoms with Crippen LogP contribution in [0.1, 0.15) is 17.3 Å². The molecule has 2 saturated heterocycles. The number of aldehydes is 1. The third-order valence-electron chi connectivity index (χ3n) is 6.00. The van der Waals surface area contributed by atoms with Gasteiger partial charge >= 0.3 is 0 Å². The highest BCUT2D eigenvalue weighted by atomic mass is 19.1. The van der Waals surface area contributed by atoms with E-state index in [0.29, 0.717) is 36.1 Å². The van der Waals surface area contributed by atoms with Crippen LogP contribution in [0.25, 0.3) is 11.4 Å². The van der Waals surface area contributed by atoms with Gasteiger partial charge in [-0.25, -0.2) is 14.4 Å². The molecule has 1 amide bonds. The summed E-state index contributed by atoms with van der Waals surface area (Å²) in [5.74, 6) is 1.66. The first-order chi connectivity index (χ1) is 15.5. The van der Waals surface area contributed by atoms with E-state index in [9.17, 15) is 14.0 Å². The molecule has 0 aliphatic carbocycles. The van der Waals surface area contributed by atoms with Gasteiger partial charge in [0.1, 0.15) is 17.9 Å². The summed E-state index contributed by atoms with van der Waals surface area (Å²) in [5.41, 5.74) is 0.788. The van der Waals surface area contributed by atoms with Gasteiger partial charge in [0, 0.05) is 69.1 Å². The number of aromatic nitrogens is 2. The van der Waals surface area contributed by atoms with Gasteiger partial charge in [-0.2, -0.15) is 0 Å². The lowest BCUT2D eigenvalue weighted by Gasteiger charge is -2.26. The minimum absolute atomic E-state index is 0.219. The predicted octanol–water partition coefficient (Wildman–Crippen LogP) is 1.96. The number of carbonyl (C=O) groups excluding carboxylic acids is 2. The van der Waals surface area contributed by atoms with Crippen molar-refractivity contribution < 1.29 is 14.0 Å². The zero-order valence-corrected chi connectivity index (χ0v) is 18.0. The van der Waals surface area contributed by atoms with Crippen molar-refractivity contribution >= 4 is 18.0 Å². The fourth-order valence-corrected chi connectivity index (χ4v) is 4.38. The molecule has 0 spiro atoms. The van der Waals surface area contributed by atoms with Gasteiger partial charge in [0.2, 0.25) is 0 Å². The average Bonchev–Trinajstić information content (AvgIpc) is 3.38. The molecule has 2 fully saturated rings. The summed E-state index contributed by atoms with van der Waals surface area (Å²) < 4.78 is 14.0. The number of hydrogen-bond donors (Lipinski definition) is 1. The molecule has 2 unspecified atom stereocenters.